The molecule has 0 fully saturated rings. The van der Waals surface area contributed by atoms with E-state index < -0.39 is 6.10 Å². The molecule has 2 aromatic carbocycles. The first-order valence-corrected chi connectivity index (χ1v) is 8.13. The summed E-state index contributed by atoms with van der Waals surface area (Å²) in [6, 6.07) is 15.4. The number of halogens is 1. The van der Waals surface area contributed by atoms with E-state index >= 15 is 0 Å². The molecule has 4 heteroatoms. The van der Waals surface area contributed by atoms with E-state index in [1.807, 2.05) is 48.5 Å². The average molecular weight is 334 g/mol. The van der Waals surface area contributed by atoms with E-state index in [2.05, 4.69) is 26.1 Å². The van der Waals surface area contributed by atoms with Gasteiger partial charge in [0.1, 0.15) is 12.4 Å². The number of β-amino-alcohol motifs (C(OH)–C–C–N with tert-alkyl or cyclic N) is 1. The van der Waals surface area contributed by atoms with Crippen LogP contribution in [0.2, 0.25) is 5.02 Å². The fraction of sp³-hybridized carbons (Fsp3) is 0.368. The zero-order valence-electron chi connectivity index (χ0n) is 13.8. The van der Waals surface area contributed by atoms with Gasteiger partial charge in [-0.25, -0.2) is 0 Å². The summed E-state index contributed by atoms with van der Waals surface area (Å²) < 4.78 is 5.80. The SMILES string of the molecule is CC(C)(C)NC[C@H](O)c1cccc(OCc2ccccc2)c1Cl. The number of nitrogens with one attached hydrogen (secondary N) is 1. The molecule has 1 atom stereocenters. The Morgan fingerprint density at radius 1 is 1.09 bits per heavy atom. The minimum absolute atomic E-state index is 0.0606. The summed E-state index contributed by atoms with van der Waals surface area (Å²) in [5.41, 5.74) is 1.69. The third-order valence-corrected chi connectivity index (χ3v) is 3.82. The maximum atomic E-state index is 10.4. The molecule has 23 heavy (non-hydrogen) atoms. The molecule has 0 aliphatic heterocycles. The lowest BCUT2D eigenvalue weighted by Crippen LogP contribution is -2.38. The van der Waals surface area contributed by atoms with Gasteiger partial charge in [0.05, 0.1) is 11.1 Å². The van der Waals surface area contributed by atoms with Gasteiger partial charge in [0.15, 0.2) is 0 Å². The van der Waals surface area contributed by atoms with Crippen molar-refractivity contribution in [2.45, 2.75) is 39.0 Å². The zero-order valence-corrected chi connectivity index (χ0v) is 14.6. The molecule has 0 unspecified atom stereocenters. The van der Waals surface area contributed by atoms with Gasteiger partial charge in [-0.15, -0.1) is 0 Å². The van der Waals surface area contributed by atoms with Crippen LogP contribution in [0, 0.1) is 0 Å². The van der Waals surface area contributed by atoms with Crippen LogP contribution in [0.4, 0.5) is 0 Å². The van der Waals surface area contributed by atoms with Crippen LogP contribution in [0.25, 0.3) is 0 Å². The van der Waals surface area contributed by atoms with Crippen LogP contribution in [-0.4, -0.2) is 17.2 Å². The average Bonchev–Trinajstić information content (AvgIpc) is 2.52. The van der Waals surface area contributed by atoms with Crippen molar-refractivity contribution >= 4 is 11.6 Å². The van der Waals surface area contributed by atoms with E-state index in [1.165, 1.54) is 0 Å². The smallest absolute Gasteiger partial charge is 0.138 e. The van der Waals surface area contributed by atoms with Crippen LogP contribution in [0.1, 0.15) is 38.0 Å². The summed E-state index contributed by atoms with van der Waals surface area (Å²) in [5, 5.41) is 14.1. The predicted octanol–water partition coefficient (Wildman–Crippen LogP) is 4.34. The summed E-state index contributed by atoms with van der Waals surface area (Å²) in [6.07, 6.45) is -0.679. The number of ether oxygens (including phenoxy) is 1. The molecule has 0 saturated carbocycles. The summed E-state index contributed by atoms with van der Waals surface area (Å²) in [7, 11) is 0. The lowest BCUT2D eigenvalue weighted by atomic mass is 10.1. The Kier molecular flexibility index (Phi) is 6.05. The van der Waals surface area contributed by atoms with Gasteiger partial charge >= 0.3 is 0 Å². The summed E-state index contributed by atoms with van der Waals surface area (Å²) in [4.78, 5) is 0. The van der Waals surface area contributed by atoms with Gasteiger partial charge in [0.25, 0.3) is 0 Å². The Hall–Kier alpha value is -1.55. The van der Waals surface area contributed by atoms with Gasteiger partial charge in [0, 0.05) is 17.6 Å². The Morgan fingerprint density at radius 3 is 2.43 bits per heavy atom. The Labute approximate surface area is 143 Å². The Morgan fingerprint density at radius 2 is 1.78 bits per heavy atom. The second-order valence-corrected chi connectivity index (χ2v) is 6.96. The lowest BCUT2D eigenvalue weighted by molar-refractivity contribution is 0.163. The fourth-order valence-electron chi connectivity index (χ4n) is 2.14. The highest BCUT2D eigenvalue weighted by Gasteiger charge is 2.17. The minimum atomic E-state index is -0.679. The van der Waals surface area contributed by atoms with E-state index in [9.17, 15) is 5.11 Å². The van der Waals surface area contributed by atoms with Crippen molar-refractivity contribution in [3.63, 3.8) is 0 Å². The van der Waals surface area contributed by atoms with Crippen LogP contribution in [0.5, 0.6) is 5.75 Å². The number of rotatable bonds is 6. The van der Waals surface area contributed by atoms with Crippen LogP contribution in [0.3, 0.4) is 0 Å². The molecule has 0 aliphatic rings. The second kappa shape index (κ2) is 7.82. The lowest BCUT2D eigenvalue weighted by Gasteiger charge is -2.23. The molecule has 0 aliphatic carbocycles. The van der Waals surface area contributed by atoms with Crippen molar-refractivity contribution in [2.75, 3.05) is 6.54 Å². The molecule has 124 valence electrons. The highest BCUT2D eigenvalue weighted by molar-refractivity contribution is 6.32. The van der Waals surface area contributed by atoms with Crippen molar-refractivity contribution in [1.82, 2.24) is 5.32 Å². The molecule has 0 aromatic heterocycles. The van der Waals surface area contributed by atoms with Crippen LogP contribution >= 0.6 is 11.6 Å². The van der Waals surface area contributed by atoms with E-state index in [-0.39, 0.29) is 5.54 Å². The molecular formula is C19H24ClNO2. The van der Waals surface area contributed by atoms with Crippen LogP contribution in [-0.2, 0) is 6.61 Å². The summed E-state index contributed by atoms with van der Waals surface area (Å²) in [5.74, 6) is 0.586. The van der Waals surface area contributed by atoms with E-state index in [4.69, 9.17) is 16.3 Å². The molecule has 2 rings (SSSR count). The van der Waals surface area contributed by atoms with Gasteiger partial charge in [-0.05, 0) is 32.4 Å². The van der Waals surface area contributed by atoms with Crippen molar-refractivity contribution < 1.29 is 9.84 Å². The first kappa shape index (κ1) is 17.8. The summed E-state index contributed by atoms with van der Waals surface area (Å²) in [6.45, 7) is 7.05. The fourth-order valence-corrected chi connectivity index (χ4v) is 2.45. The Bertz CT molecular complexity index is 623. The number of benzene rings is 2. The predicted molar refractivity (Wildman–Crippen MR) is 94.9 cm³/mol. The van der Waals surface area contributed by atoms with E-state index in [1.54, 1.807) is 0 Å². The molecule has 0 bridgehead atoms. The third kappa shape index (κ3) is 5.54. The van der Waals surface area contributed by atoms with Crippen molar-refractivity contribution in [1.29, 1.82) is 0 Å². The highest BCUT2D eigenvalue weighted by Crippen LogP contribution is 2.32. The van der Waals surface area contributed by atoms with Crippen LogP contribution < -0.4 is 10.1 Å². The van der Waals surface area contributed by atoms with Crippen LogP contribution in [0.15, 0.2) is 48.5 Å². The first-order chi connectivity index (χ1) is 10.9. The summed E-state index contributed by atoms with van der Waals surface area (Å²) >= 11 is 6.41. The Balaban J connectivity index is 2.05. The number of hydrogen-bond acceptors (Lipinski definition) is 3. The highest BCUT2D eigenvalue weighted by atomic mass is 35.5. The van der Waals surface area contributed by atoms with Gasteiger partial charge in [-0.1, -0.05) is 54.1 Å². The van der Waals surface area contributed by atoms with Crippen molar-refractivity contribution in [2.24, 2.45) is 0 Å². The largest absolute Gasteiger partial charge is 0.487 e. The normalized spacial score (nSPS) is 12.9. The minimum Gasteiger partial charge on any atom is -0.487 e. The molecule has 0 spiro atoms. The first-order valence-electron chi connectivity index (χ1n) is 7.75. The van der Waals surface area contributed by atoms with E-state index in [0.717, 1.165) is 5.56 Å². The molecular weight excluding hydrogens is 310 g/mol. The number of hydrogen-bond donors (Lipinski definition) is 2. The molecule has 3 nitrogen and oxygen atoms in total. The monoisotopic (exact) mass is 333 g/mol. The third-order valence-electron chi connectivity index (χ3n) is 3.42. The molecule has 0 amide bonds. The second-order valence-electron chi connectivity index (χ2n) is 6.58. The van der Waals surface area contributed by atoms with Gasteiger partial charge < -0.3 is 15.2 Å². The van der Waals surface area contributed by atoms with Gasteiger partial charge in [-0.3, -0.25) is 0 Å². The zero-order chi connectivity index (χ0) is 16.9. The standard InChI is InChI=1S/C19H24ClNO2/c1-19(2,3)21-12-16(22)15-10-7-11-17(18(15)20)23-13-14-8-5-4-6-9-14/h4-11,16,21-22H,12-13H2,1-3H3/t16-/m0/s1. The van der Waals surface area contributed by atoms with Crippen molar-refractivity contribution in [3.05, 3.63) is 64.7 Å². The number of aliphatic hydroxyl groups is 1. The maximum absolute atomic E-state index is 10.4. The van der Waals surface area contributed by atoms with Crippen molar-refractivity contribution in [3.8, 4) is 5.75 Å². The quantitative estimate of drug-likeness (QED) is 0.826. The van der Waals surface area contributed by atoms with Gasteiger partial charge in [0.2, 0.25) is 0 Å². The maximum Gasteiger partial charge on any atom is 0.138 e. The molecule has 0 radical (unpaired) electrons. The molecule has 2 N–H and O–H groups in total. The molecule has 0 saturated heterocycles. The molecule has 2 aromatic rings. The molecule has 0 heterocycles. The van der Waals surface area contributed by atoms with E-state index in [0.29, 0.717) is 29.5 Å². The number of aliphatic hydroxyl groups excluding tert-OH is 1. The van der Waals surface area contributed by atoms with Gasteiger partial charge in [-0.2, -0.15) is 0 Å². The topological polar surface area (TPSA) is 41.5 Å².